The molecule has 1 aliphatic rings. The van der Waals surface area contributed by atoms with Crippen molar-refractivity contribution in [1.82, 2.24) is 14.7 Å². The standard InChI is InChI=1S/C11H16N4/c1-9-6-11(14(2)13-9)8-15-5-3-4-10(15)7-12/h6,10H,3-5,8H2,1-2H3. The minimum atomic E-state index is 0.0974. The van der Waals surface area contributed by atoms with E-state index in [0.717, 1.165) is 31.6 Å². The van der Waals surface area contributed by atoms with Crippen molar-refractivity contribution in [1.29, 1.82) is 5.26 Å². The Morgan fingerprint density at radius 2 is 2.47 bits per heavy atom. The van der Waals surface area contributed by atoms with E-state index in [1.54, 1.807) is 0 Å². The van der Waals surface area contributed by atoms with Crippen LogP contribution in [0.15, 0.2) is 6.07 Å². The summed E-state index contributed by atoms with van der Waals surface area (Å²) in [6.45, 7) is 3.87. The van der Waals surface area contributed by atoms with E-state index in [0.29, 0.717) is 0 Å². The number of nitriles is 1. The van der Waals surface area contributed by atoms with E-state index >= 15 is 0 Å². The zero-order valence-electron chi connectivity index (χ0n) is 9.27. The lowest BCUT2D eigenvalue weighted by atomic mass is 10.2. The van der Waals surface area contributed by atoms with Gasteiger partial charge in [-0.1, -0.05) is 0 Å². The Balaban J connectivity index is 2.09. The van der Waals surface area contributed by atoms with Crippen LogP contribution >= 0.6 is 0 Å². The van der Waals surface area contributed by atoms with Crippen LogP contribution in [0.25, 0.3) is 0 Å². The molecule has 1 aliphatic heterocycles. The fourth-order valence-electron chi connectivity index (χ4n) is 2.18. The van der Waals surface area contributed by atoms with E-state index in [2.05, 4.69) is 22.1 Å². The van der Waals surface area contributed by atoms with Gasteiger partial charge in [-0.15, -0.1) is 0 Å². The molecule has 0 saturated carbocycles. The van der Waals surface area contributed by atoms with Gasteiger partial charge in [0.05, 0.1) is 23.5 Å². The molecule has 1 fully saturated rings. The summed E-state index contributed by atoms with van der Waals surface area (Å²) < 4.78 is 1.90. The quantitative estimate of drug-likeness (QED) is 0.727. The summed E-state index contributed by atoms with van der Waals surface area (Å²) in [5.74, 6) is 0. The molecule has 1 aromatic rings. The Bertz CT molecular complexity index is 388. The maximum absolute atomic E-state index is 8.97. The van der Waals surface area contributed by atoms with Gasteiger partial charge in [-0.05, 0) is 32.4 Å². The average Bonchev–Trinajstić information content (AvgIpc) is 2.74. The molecule has 0 aliphatic carbocycles. The Kier molecular flexibility index (Phi) is 2.74. The van der Waals surface area contributed by atoms with E-state index in [1.165, 1.54) is 5.69 Å². The molecule has 80 valence electrons. The minimum Gasteiger partial charge on any atom is -0.282 e. The maximum atomic E-state index is 8.97. The Morgan fingerprint density at radius 3 is 3.07 bits per heavy atom. The van der Waals surface area contributed by atoms with Gasteiger partial charge in [0.2, 0.25) is 0 Å². The first-order valence-electron chi connectivity index (χ1n) is 5.34. The monoisotopic (exact) mass is 204 g/mol. The summed E-state index contributed by atoms with van der Waals surface area (Å²) in [5, 5.41) is 13.3. The zero-order chi connectivity index (χ0) is 10.8. The van der Waals surface area contributed by atoms with Crippen molar-refractivity contribution < 1.29 is 0 Å². The summed E-state index contributed by atoms with van der Waals surface area (Å²) in [4.78, 5) is 2.23. The predicted octanol–water partition coefficient (Wildman–Crippen LogP) is 1.22. The van der Waals surface area contributed by atoms with Crippen molar-refractivity contribution in [2.75, 3.05) is 6.54 Å². The van der Waals surface area contributed by atoms with Gasteiger partial charge < -0.3 is 0 Å². The molecule has 2 heterocycles. The summed E-state index contributed by atoms with van der Waals surface area (Å²) in [7, 11) is 1.96. The van der Waals surface area contributed by atoms with Gasteiger partial charge in [0.15, 0.2) is 0 Å². The average molecular weight is 204 g/mol. The number of aromatic nitrogens is 2. The van der Waals surface area contributed by atoms with E-state index in [1.807, 2.05) is 18.7 Å². The molecule has 0 amide bonds. The first-order valence-corrected chi connectivity index (χ1v) is 5.34. The predicted molar refractivity (Wildman–Crippen MR) is 57.0 cm³/mol. The molecule has 1 unspecified atom stereocenters. The number of hydrogen-bond acceptors (Lipinski definition) is 3. The molecule has 4 heteroatoms. The van der Waals surface area contributed by atoms with Crippen LogP contribution in [0.5, 0.6) is 0 Å². The largest absolute Gasteiger partial charge is 0.282 e. The van der Waals surface area contributed by atoms with Crippen LogP contribution in [0.2, 0.25) is 0 Å². The lowest BCUT2D eigenvalue weighted by molar-refractivity contribution is 0.278. The highest BCUT2D eigenvalue weighted by Gasteiger charge is 2.24. The second-order valence-electron chi connectivity index (χ2n) is 4.16. The highest BCUT2D eigenvalue weighted by molar-refractivity contribution is 5.10. The van der Waals surface area contributed by atoms with Gasteiger partial charge in [-0.3, -0.25) is 9.58 Å². The molecule has 0 radical (unpaired) electrons. The summed E-state index contributed by atoms with van der Waals surface area (Å²) >= 11 is 0. The number of hydrogen-bond donors (Lipinski definition) is 0. The van der Waals surface area contributed by atoms with E-state index in [-0.39, 0.29) is 6.04 Å². The van der Waals surface area contributed by atoms with Gasteiger partial charge >= 0.3 is 0 Å². The molecule has 2 rings (SSSR count). The van der Waals surface area contributed by atoms with Gasteiger partial charge in [-0.2, -0.15) is 10.4 Å². The second kappa shape index (κ2) is 4.03. The smallest absolute Gasteiger partial charge is 0.0981 e. The summed E-state index contributed by atoms with van der Waals surface area (Å²) in [6, 6.07) is 4.54. The lowest BCUT2D eigenvalue weighted by Crippen LogP contribution is -2.28. The highest BCUT2D eigenvalue weighted by atomic mass is 15.3. The molecule has 1 aromatic heterocycles. The SMILES string of the molecule is Cc1cc(CN2CCCC2C#N)n(C)n1. The van der Waals surface area contributed by atoms with Crippen LogP contribution in [-0.2, 0) is 13.6 Å². The van der Waals surface area contributed by atoms with Gasteiger partial charge in [0.1, 0.15) is 0 Å². The normalized spacial score (nSPS) is 21.8. The molecular formula is C11H16N4. The number of likely N-dealkylation sites (tertiary alicyclic amines) is 1. The summed E-state index contributed by atoms with van der Waals surface area (Å²) in [5.41, 5.74) is 2.23. The van der Waals surface area contributed by atoms with Crippen LogP contribution in [0, 0.1) is 18.3 Å². The van der Waals surface area contributed by atoms with E-state index < -0.39 is 0 Å². The zero-order valence-corrected chi connectivity index (χ0v) is 9.27. The lowest BCUT2D eigenvalue weighted by Gasteiger charge is -2.18. The van der Waals surface area contributed by atoms with Crippen LogP contribution < -0.4 is 0 Å². The van der Waals surface area contributed by atoms with Gasteiger partial charge in [0, 0.05) is 13.6 Å². The third kappa shape index (κ3) is 2.02. The molecule has 1 atom stereocenters. The first kappa shape index (κ1) is 10.2. The number of nitrogens with zero attached hydrogens (tertiary/aromatic N) is 4. The van der Waals surface area contributed by atoms with Crippen LogP contribution in [0.1, 0.15) is 24.2 Å². The van der Waals surface area contributed by atoms with E-state index in [4.69, 9.17) is 5.26 Å². The van der Waals surface area contributed by atoms with Crippen molar-refractivity contribution in [2.45, 2.75) is 32.4 Å². The minimum absolute atomic E-state index is 0.0974. The maximum Gasteiger partial charge on any atom is 0.0981 e. The van der Waals surface area contributed by atoms with Crippen LogP contribution in [-0.4, -0.2) is 27.3 Å². The molecule has 1 saturated heterocycles. The first-order chi connectivity index (χ1) is 7.20. The van der Waals surface area contributed by atoms with E-state index in [9.17, 15) is 0 Å². The third-order valence-electron chi connectivity index (χ3n) is 2.98. The van der Waals surface area contributed by atoms with Crippen molar-refractivity contribution >= 4 is 0 Å². The van der Waals surface area contributed by atoms with Crippen molar-refractivity contribution in [3.05, 3.63) is 17.5 Å². The third-order valence-corrected chi connectivity index (χ3v) is 2.98. The number of rotatable bonds is 2. The molecule has 0 bridgehead atoms. The molecule has 15 heavy (non-hydrogen) atoms. The Morgan fingerprint density at radius 1 is 1.67 bits per heavy atom. The number of aryl methyl sites for hydroxylation is 2. The molecule has 0 N–H and O–H groups in total. The molecular weight excluding hydrogens is 188 g/mol. The summed E-state index contributed by atoms with van der Waals surface area (Å²) in [6.07, 6.45) is 2.14. The topological polar surface area (TPSA) is 44.9 Å². The molecule has 4 nitrogen and oxygen atoms in total. The fraction of sp³-hybridized carbons (Fsp3) is 0.636. The molecule has 0 aromatic carbocycles. The van der Waals surface area contributed by atoms with Crippen LogP contribution in [0.4, 0.5) is 0 Å². The molecule has 0 spiro atoms. The van der Waals surface area contributed by atoms with Gasteiger partial charge in [-0.25, -0.2) is 0 Å². The fourth-order valence-corrected chi connectivity index (χ4v) is 2.18. The Labute approximate surface area is 90.1 Å². The highest BCUT2D eigenvalue weighted by Crippen LogP contribution is 2.19. The Hall–Kier alpha value is -1.34. The van der Waals surface area contributed by atoms with Gasteiger partial charge in [0.25, 0.3) is 0 Å². The second-order valence-corrected chi connectivity index (χ2v) is 4.16. The van der Waals surface area contributed by atoms with Crippen LogP contribution in [0.3, 0.4) is 0 Å². The van der Waals surface area contributed by atoms with Crippen molar-refractivity contribution in [3.8, 4) is 6.07 Å². The van der Waals surface area contributed by atoms with Crippen molar-refractivity contribution in [3.63, 3.8) is 0 Å². The van der Waals surface area contributed by atoms with Crippen molar-refractivity contribution in [2.24, 2.45) is 7.05 Å².